The molecule has 0 heterocycles. The lowest BCUT2D eigenvalue weighted by atomic mass is 9.84. The Morgan fingerprint density at radius 2 is 1.94 bits per heavy atom. The van der Waals surface area contributed by atoms with E-state index < -0.39 is 0 Å². The van der Waals surface area contributed by atoms with Crippen LogP contribution in [0, 0.1) is 9.49 Å². The number of nitrogens with two attached hydrogens (primary N) is 1. The van der Waals surface area contributed by atoms with Crippen molar-refractivity contribution in [3.63, 3.8) is 0 Å². The molecule has 2 unspecified atom stereocenters. The summed E-state index contributed by atoms with van der Waals surface area (Å²) in [6, 6.07) is 8.81. The maximum atomic E-state index is 6.59. The summed E-state index contributed by atoms with van der Waals surface area (Å²) in [4.78, 5) is 0. The number of rotatable bonds is 2. The minimum atomic E-state index is 0.0392. The molecule has 0 bridgehead atoms. The molecular formula is C15H22IN. The molecule has 0 saturated heterocycles. The summed E-state index contributed by atoms with van der Waals surface area (Å²) >= 11 is 2.35. The quantitative estimate of drug-likeness (QED) is 0.634. The topological polar surface area (TPSA) is 26.0 Å². The van der Waals surface area contributed by atoms with Crippen molar-refractivity contribution in [3.8, 4) is 0 Å². The SMILES string of the molecule is CC1CCCC(N)(Cc2ccc(I)cc2)CC1. The average Bonchev–Trinajstić information content (AvgIpc) is 2.45. The van der Waals surface area contributed by atoms with E-state index in [0.717, 1.165) is 12.3 Å². The van der Waals surface area contributed by atoms with Crippen LogP contribution in [0.4, 0.5) is 0 Å². The fourth-order valence-corrected chi connectivity index (χ4v) is 3.15. The van der Waals surface area contributed by atoms with Crippen LogP contribution in [-0.2, 0) is 6.42 Å². The first-order chi connectivity index (χ1) is 8.07. The standard InChI is InChI=1S/C15H22IN/c1-12-3-2-9-15(17,10-8-12)11-13-4-6-14(16)7-5-13/h4-7,12H,2-3,8-11,17H2,1H3. The largest absolute Gasteiger partial charge is 0.325 e. The Labute approximate surface area is 118 Å². The molecule has 0 aliphatic heterocycles. The molecule has 1 nitrogen and oxygen atoms in total. The summed E-state index contributed by atoms with van der Waals surface area (Å²) in [5.41, 5.74) is 8.02. The molecule has 1 aromatic rings. The first kappa shape index (κ1) is 13.3. The van der Waals surface area contributed by atoms with Crippen LogP contribution in [0.25, 0.3) is 0 Å². The molecule has 1 saturated carbocycles. The van der Waals surface area contributed by atoms with Crippen molar-refractivity contribution in [2.75, 3.05) is 0 Å². The predicted octanol–water partition coefficient (Wildman–Crippen LogP) is 4.13. The Hall–Kier alpha value is -0.0900. The Kier molecular flexibility index (Phi) is 4.47. The van der Waals surface area contributed by atoms with E-state index in [0.29, 0.717) is 0 Å². The second-order valence-corrected chi connectivity index (χ2v) is 6.95. The van der Waals surface area contributed by atoms with Crippen LogP contribution in [-0.4, -0.2) is 5.54 Å². The zero-order valence-electron chi connectivity index (χ0n) is 10.6. The number of hydrogen-bond donors (Lipinski definition) is 1. The van der Waals surface area contributed by atoms with Crippen molar-refractivity contribution in [2.45, 2.75) is 51.0 Å². The maximum absolute atomic E-state index is 6.59. The van der Waals surface area contributed by atoms with E-state index in [1.165, 1.54) is 41.2 Å². The predicted molar refractivity (Wildman–Crippen MR) is 82.0 cm³/mol. The first-order valence-electron chi connectivity index (χ1n) is 6.61. The van der Waals surface area contributed by atoms with E-state index in [2.05, 4.69) is 53.8 Å². The van der Waals surface area contributed by atoms with E-state index in [9.17, 15) is 0 Å². The van der Waals surface area contributed by atoms with Gasteiger partial charge in [0.1, 0.15) is 0 Å². The van der Waals surface area contributed by atoms with Crippen molar-refractivity contribution in [3.05, 3.63) is 33.4 Å². The lowest BCUT2D eigenvalue weighted by Crippen LogP contribution is -2.41. The molecular weight excluding hydrogens is 321 g/mol. The highest BCUT2D eigenvalue weighted by molar-refractivity contribution is 14.1. The molecule has 2 N–H and O–H groups in total. The summed E-state index contributed by atoms with van der Waals surface area (Å²) in [7, 11) is 0. The van der Waals surface area contributed by atoms with Gasteiger partial charge in [-0.25, -0.2) is 0 Å². The molecule has 17 heavy (non-hydrogen) atoms. The summed E-state index contributed by atoms with van der Waals surface area (Å²) in [5.74, 6) is 0.858. The third-order valence-electron chi connectivity index (χ3n) is 3.98. The van der Waals surface area contributed by atoms with Gasteiger partial charge < -0.3 is 5.73 Å². The molecule has 0 aromatic heterocycles. The molecule has 1 aliphatic carbocycles. The molecule has 1 aromatic carbocycles. The van der Waals surface area contributed by atoms with Gasteiger partial charge in [0.2, 0.25) is 0 Å². The Balaban J connectivity index is 2.03. The minimum Gasteiger partial charge on any atom is -0.325 e. The van der Waals surface area contributed by atoms with Gasteiger partial charge in [0.15, 0.2) is 0 Å². The van der Waals surface area contributed by atoms with Crippen LogP contribution in [0.15, 0.2) is 24.3 Å². The molecule has 0 amide bonds. The molecule has 2 atom stereocenters. The van der Waals surface area contributed by atoms with Gasteiger partial charge >= 0.3 is 0 Å². The molecule has 94 valence electrons. The highest BCUT2D eigenvalue weighted by atomic mass is 127. The fourth-order valence-electron chi connectivity index (χ4n) is 2.79. The van der Waals surface area contributed by atoms with Crippen molar-refractivity contribution in [1.82, 2.24) is 0 Å². The summed E-state index contributed by atoms with van der Waals surface area (Å²) in [5, 5.41) is 0. The van der Waals surface area contributed by atoms with E-state index >= 15 is 0 Å². The lowest BCUT2D eigenvalue weighted by Gasteiger charge is -2.28. The highest BCUT2D eigenvalue weighted by Gasteiger charge is 2.28. The van der Waals surface area contributed by atoms with Gasteiger partial charge in [-0.1, -0.05) is 31.9 Å². The van der Waals surface area contributed by atoms with E-state index in [4.69, 9.17) is 5.73 Å². The summed E-state index contributed by atoms with van der Waals surface area (Å²) in [6.45, 7) is 2.36. The molecule has 1 aliphatic rings. The van der Waals surface area contributed by atoms with E-state index in [1.807, 2.05) is 0 Å². The van der Waals surface area contributed by atoms with Crippen molar-refractivity contribution < 1.29 is 0 Å². The second kappa shape index (κ2) is 5.70. The van der Waals surface area contributed by atoms with Crippen LogP contribution in [0.5, 0.6) is 0 Å². The van der Waals surface area contributed by atoms with Gasteiger partial charge in [0, 0.05) is 9.11 Å². The van der Waals surface area contributed by atoms with Crippen LogP contribution in [0.3, 0.4) is 0 Å². The third kappa shape index (κ3) is 3.95. The highest BCUT2D eigenvalue weighted by Crippen LogP contribution is 2.31. The van der Waals surface area contributed by atoms with E-state index in [1.54, 1.807) is 0 Å². The fraction of sp³-hybridized carbons (Fsp3) is 0.600. The smallest absolute Gasteiger partial charge is 0.0195 e. The molecule has 0 radical (unpaired) electrons. The molecule has 1 fully saturated rings. The number of halogens is 1. The maximum Gasteiger partial charge on any atom is 0.0195 e. The first-order valence-corrected chi connectivity index (χ1v) is 7.69. The van der Waals surface area contributed by atoms with Crippen molar-refractivity contribution >= 4 is 22.6 Å². The van der Waals surface area contributed by atoms with Gasteiger partial charge in [-0.15, -0.1) is 0 Å². The second-order valence-electron chi connectivity index (χ2n) is 5.70. The summed E-state index contributed by atoms with van der Waals surface area (Å²) in [6.07, 6.45) is 7.34. The van der Waals surface area contributed by atoms with Gasteiger partial charge in [0.25, 0.3) is 0 Å². The molecule has 2 rings (SSSR count). The zero-order valence-corrected chi connectivity index (χ0v) is 12.7. The molecule has 2 heteroatoms. The van der Waals surface area contributed by atoms with Crippen molar-refractivity contribution in [1.29, 1.82) is 0 Å². The van der Waals surface area contributed by atoms with Gasteiger partial charge in [-0.3, -0.25) is 0 Å². The Morgan fingerprint density at radius 1 is 1.24 bits per heavy atom. The zero-order chi connectivity index (χ0) is 12.3. The van der Waals surface area contributed by atoms with Crippen LogP contribution < -0.4 is 5.73 Å². The third-order valence-corrected chi connectivity index (χ3v) is 4.70. The molecule has 0 spiro atoms. The van der Waals surface area contributed by atoms with Crippen molar-refractivity contribution in [2.24, 2.45) is 11.7 Å². The van der Waals surface area contributed by atoms with Crippen LogP contribution in [0.1, 0.15) is 44.6 Å². The number of benzene rings is 1. The monoisotopic (exact) mass is 343 g/mol. The normalized spacial score (nSPS) is 29.9. The van der Waals surface area contributed by atoms with Crippen LogP contribution >= 0.6 is 22.6 Å². The van der Waals surface area contributed by atoms with Gasteiger partial charge in [0.05, 0.1) is 0 Å². The Morgan fingerprint density at radius 3 is 2.65 bits per heavy atom. The minimum absolute atomic E-state index is 0.0392. The average molecular weight is 343 g/mol. The van der Waals surface area contributed by atoms with Crippen LogP contribution in [0.2, 0.25) is 0 Å². The van der Waals surface area contributed by atoms with Gasteiger partial charge in [-0.2, -0.15) is 0 Å². The lowest BCUT2D eigenvalue weighted by molar-refractivity contribution is 0.363. The Bertz CT molecular complexity index is 360. The van der Waals surface area contributed by atoms with E-state index in [-0.39, 0.29) is 5.54 Å². The summed E-state index contributed by atoms with van der Waals surface area (Å²) < 4.78 is 1.30. The van der Waals surface area contributed by atoms with Gasteiger partial charge in [-0.05, 0) is 71.9 Å². The number of hydrogen-bond acceptors (Lipinski definition) is 1.